The Morgan fingerprint density at radius 2 is 1.73 bits per heavy atom. The molecule has 0 bridgehead atoms. The zero-order valence-electron chi connectivity index (χ0n) is 10.4. The molecule has 2 N–H and O–H groups in total. The Kier molecular flexibility index (Phi) is 3.92. The normalized spacial score (nSPS) is 15.3. The van der Waals surface area contributed by atoms with Crippen molar-refractivity contribution in [2.45, 2.75) is 52.0 Å². The van der Waals surface area contributed by atoms with Crippen LogP contribution in [0, 0.1) is 0 Å². The van der Waals surface area contributed by atoms with Crippen LogP contribution in [0.15, 0.2) is 24.3 Å². The fraction of sp³-hybridized carbons (Fsp3) is 0.571. The molecule has 0 saturated heterocycles. The highest BCUT2D eigenvalue weighted by molar-refractivity contribution is 5.25. The van der Waals surface area contributed by atoms with Crippen molar-refractivity contribution in [3.05, 3.63) is 35.4 Å². The van der Waals surface area contributed by atoms with E-state index in [2.05, 4.69) is 52.0 Å². The van der Waals surface area contributed by atoms with Gasteiger partial charge in [-0.2, -0.15) is 0 Å². The molecule has 0 fully saturated rings. The molecule has 0 aliphatic carbocycles. The van der Waals surface area contributed by atoms with E-state index in [0.29, 0.717) is 5.92 Å². The van der Waals surface area contributed by atoms with Gasteiger partial charge in [0.1, 0.15) is 0 Å². The molecule has 0 saturated carbocycles. The molecule has 1 nitrogen and oxygen atoms in total. The molecular weight excluding hydrogens is 182 g/mol. The first-order chi connectivity index (χ1) is 6.94. The zero-order chi connectivity index (χ0) is 11.5. The lowest BCUT2D eigenvalue weighted by atomic mass is 9.90. The number of hydrogen-bond acceptors (Lipinski definition) is 1. The van der Waals surface area contributed by atoms with Crippen molar-refractivity contribution in [1.29, 1.82) is 0 Å². The van der Waals surface area contributed by atoms with Crippen molar-refractivity contribution < 1.29 is 0 Å². The van der Waals surface area contributed by atoms with Gasteiger partial charge < -0.3 is 5.73 Å². The molecule has 1 unspecified atom stereocenters. The van der Waals surface area contributed by atoms with Crippen LogP contribution in [0.1, 0.15) is 51.2 Å². The third-order valence-corrected chi connectivity index (χ3v) is 3.06. The van der Waals surface area contributed by atoms with Crippen molar-refractivity contribution in [3.63, 3.8) is 0 Å². The van der Waals surface area contributed by atoms with Gasteiger partial charge >= 0.3 is 0 Å². The van der Waals surface area contributed by atoms with Gasteiger partial charge in [0.25, 0.3) is 0 Å². The molecule has 1 rings (SSSR count). The highest BCUT2D eigenvalue weighted by atomic mass is 14.7. The van der Waals surface area contributed by atoms with Gasteiger partial charge in [0.2, 0.25) is 0 Å². The fourth-order valence-electron chi connectivity index (χ4n) is 1.61. The number of rotatable bonds is 4. The Morgan fingerprint density at radius 3 is 2.13 bits per heavy atom. The predicted molar refractivity (Wildman–Crippen MR) is 67.1 cm³/mol. The molecular formula is C14H23N. The van der Waals surface area contributed by atoms with E-state index in [1.54, 1.807) is 0 Å². The van der Waals surface area contributed by atoms with E-state index in [4.69, 9.17) is 5.73 Å². The highest BCUT2D eigenvalue weighted by Gasteiger charge is 2.15. The molecule has 0 heterocycles. The molecule has 84 valence electrons. The Morgan fingerprint density at radius 1 is 1.20 bits per heavy atom. The summed E-state index contributed by atoms with van der Waals surface area (Å²) in [6.45, 7) is 8.69. The third-order valence-electron chi connectivity index (χ3n) is 3.06. The first-order valence-electron chi connectivity index (χ1n) is 5.82. The van der Waals surface area contributed by atoms with E-state index in [1.807, 2.05) is 0 Å². The largest absolute Gasteiger partial charge is 0.325 e. The lowest BCUT2D eigenvalue weighted by Crippen LogP contribution is -2.37. The summed E-state index contributed by atoms with van der Waals surface area (Å²) < 4.78 is 0. The van der Waals surface area contributed by atoms with Crippen molar-refractivity contribution in [1.82, 2.24) is 0 Å². The number of hydrogen-bond donors (Lipinski definition) is 1. The van der Waals surface area contributed by atoms with Crippen LogP contribution in [0.2, 0.25) is 0 Å². The summed E-state index contributed by atoms with van der Waals surface area (Å²) in [6.07, 6.45) is 1.97. The quantitative estimate of drug-likeness (QED) is 0.800. The topological polar surface area (TPSA) is 26.0 Å². The van der Waals surface area contributed by atoms with Crippen LogP contribution in [0.5, 0.6) is 0 Å². The molecule has 0 aromatic heterocycles. The van der Waals surface area contributed by atoms with E-state index in [1.165, 1.54) is 11.1 Å². The van der Waals surface area contributed by atoms with Gasteiger partial charge in [-0.3, -0.25) is 0 Å². The van der Waals surface area contributed by atoms with E-state index in [0.717, 1.165) is 12.8 Å². The standard InChI is InChI=1S/C14H23N/c1-5-14(4,15)10-12-6-8-13(9-7-12)11(2)3/h6-9,11H,5,10,15H2,1-4H3. The smallest absolute Gasteiger partial charge is 0.0163 e. The zero-order valence-corrected chi connectivity index (χ0v) is 10.4. The average Bonchev–Trinajstić information content (AvgIpc) is 2.18. The maximum Gasteiger partial charge on any atom is 0.0163 e. The lowest BCUT2D eigenvalue weighted by Gasteiger charge is -2.22. The summed E-state index contributed by atoms with van der Waals surface area (Å²) in [4.78, 5) is 0. The van der Waals surface area contributed by atoms with Gasteiger partial charge in [-0.05, 0) is 36.8 Å². The maximum atomic E-state index is 6.15. The Hall–Kier alpha value is -0.820. The van der Waals surface area contributed by atoms with Crippen molar-refractivity contribution >= 4 is 0 Å². The van der Waals surface area contributed by atoms with E-state index in [-0.39, 0.29) is 5.54 Å². The van der Waals surface area contributed by atoms with Crippen LogP contribution < -0.4 is 5.73 Å². The summed E-state index contributed by atoms with van der Waals surface area (Å²) in [5, 5.41) is 0. The molecule has 0 radical (unpaired) electrons. The van der Waals surface area contributed by atoms with Crippen molar-refractivity contribution in [2.24, 2.45) is 5.73 Å². The second-order valence-corrected chi connectivity index (χ2v) is 5.08. The fourth-order valence-corrected chi connectivity index (χ4v) is 1.61. The predicted octanol–water partition coefficient (Wildman–Crippen LogP) is 3.48. The van der Waals surface area contributed by atoms with Gasteiger partial charge in [-0.15, -0.1) is 0 Å². The summed E-state index contributed by atoms with van der Waals surface area (Å²) in [7, 11) is 0. The van der Waals surface area contributed by atoms with Crippen LogP contribution in [-0.4, -0.2) is 5.54 Å². The van der Waals surface area contributed by atoms with Gasteiger partial charge in [0.15, 0.2) is 0 Å². The van der Waals surface area contributed by atoms with Crippen LogP contribution in [0.3, 0.4) is 0 Å². The third kappa shape index (κ3) is 3.67. The van der Waals surface area contributed by atoms with E-state index >= 15 is 0 Å². The Bertz CT molecular complexity index is 296. The monoisotopic (exact) mass is 205 g/mol. The van der Waals surface area contributed by atoms with Crippen LogP contribution >= 0.6 is 0 Å². The Balaban J connectivity index is 2.73. The summed E-state index contributed by atoms with van der Waals surface area (Å²) in [5.74, 6) is 0.606. The molecule has 1 aromatic carbocycles. The van der Waals surface area contributed by atoms with E-state index < -0.39 is 0 Å². The SMILES string of the molecule is CCC(C)(N)Cc1ccc(C(C)C)cc1. The van der Waals surface area contributed by atoms with Crippen molar-refractivity contribution in [3.8, 4) is 0 Å². The lowest BCUT2D eigenvalue weighted by molar-refractivity contribution is 0.450. The maximum absolute atomic E-state index is 6.15. The molecule has 0 aliphatic rings. The molecule has 0 aliphatic heterocycles. The summed E-state index contributed by atoms with van der Waals surface area (Å²) >= 11 is 0. The number of benzene rings is 1. The average molecular weight is 205 g/mol. The molecule has 0 amide bonds. The minimum atomic E-state index is -0.0701. The van der Waals surface area contributed by atoms with Crippen LogP contribution in [0.25, 0.3) is 0 Å². The Labute approximate surface area is 93.7 Å². The van der Waals surface area contributed by atoms with Crippen LogP contribution in [0.4, 0.5) is 0 Å². The minimum absolute atomic E-state index is 0.0701. The highest BCUT2D eigenvalue weighted by Crippen LogP contribution is 2.18. The van der Waals surface area contributed by atoms with Gasteiger partial charge in [-0.1, -0.05) is 45.0 Å². The molecule has 0 spiro atoms. The van der Waals surface area contributed by atoms with Crippen molar-refractivity contribution in [2.75, 3.05) is 0 Å². The first kappa shape index (κ1) is 12.3. The molecule has 1 atom stereocenters. The van der Waals surface area contributed by atoms with Crippen LogP contribution in [-0.2, 0) is 6.42 Å². The summed E-state index contributed by atoms with van der Waals surface area (Å²) in [6, 6.07) is 8.84. The molecule has 15 heavy (non-hydrogen) atoms. The van der Waals surface area contributed by atoms with Gasteiger partial charge in [0, 0.05) is 5.54 Å². The van der Waals surface area contributed by atoms with E-state index in [9.17, 15) is 0 Å². The molecule has 1 heteroatoms. The second-order valence-electron chi connectivity index (χ2n) is 5.08. The first-order valence-corrected chi connectivity index (χ1v) is 5.82. The molecule has 1 aromatic rings. The number of nitrogens with two attached hydrogens (primary N) is 1. The minimum Gasteiger partial charge on any atom is -0.325 e. The van der Waals surface area contributed by atoms with Gasteiger partial charge in [-0.25, -0.2) is 0 Å². The van der Waals surface area contributed by atoms with Gasteiger partial charge in [0.05, 0.1) is 0 Å². The summed E-state index contributed by atoms with van der Waals surface area (Å²) in [5.41, 5.74) is 8.81. The second kappa shape index (κ2) is 4.80.